The summed E-state index contributed by atoms with van der Waals surface area (Å²) in [4.78, 5) is 17.3. The van der Waals surface area contributed by atoms with Crippen LogP contribution in [-0.2, 0) is 43.6 Å². The monoisotopic (exact) mass is 673 g/mol. The molecule has 10 nitrogen and oxygen atoms in total. The maximum Gasteiger partial charge on any atom is 0.247 e. The Balaban J connectivity index is 1.74. The molecule has 0 bridgehead atoms. The van der Waals surface area contributed by atoms with Crippen LogP contribution in [0.2, 0.25) is 0 Å². The van der Waals surface area contributed by atoms with E-state index in [1.807, 2.05) is 91.0 Å². The molecule has 45 heavy (non-hydrogen) atoms. The van der Waals surface area contributed by atoms with E-state index in [1.54, 1.807) is 6.92 Å². The van der Waals surface area contributed by atoms with E-state index in [2.05, 4.69) is 10.0 Å². The predicted molar refractivity (Wildman–Crippen MR) is 173 cm³/mol. The number of amidine groups is 1. The van der Waals surface area contributed by atoms with E-state index in [9.17, 15) is 10.3 Å². The smallest absolute Gasteiger partial charge is 0.247 e. The van der Waals surface area contributed by atoms with Crippen LogP contribution < -0.4 is 0 Å². The van der Waals surface area contributed by atoms with Crippen LogP contribution in [0.5, 0.6) is 0 Å². The van der Waals surface area contributed by atoms with Crippen molar-refractivity contribution in [2.75, 3.05) is 6.61 Å². The lowest BCUT2D eigenvalue weighted by atomic mass is 9.94. The standard InChI is InChI=1S/C32H34Cl3N5O5/c1-2-26(41)40(31(36)32(33,34)35)30-27(38-39-37)29(44-20-24-16-10-5-11-17-24)28(43-19-23-14-8-4-9-15-23)25(45-30)21-42-18-22-12-6-3-7-13-22/h3-17,25,27-30,36H,2,18-21H2,1H3/t25-,27-,28+,29-,30+/m1/s1. The topological polar surface area (TPSA) is 130 Å². The van der Waals surface area contributed by atoms with Gasteiger partial charge in [0.25, 0.3) is 0 Å². The molecule has 0 radical (unpaired) electrons. The zero-order valence-corrected chi connectivity index (χ0v) is 26.8. The van der Waals surface area contributed by atoms with Gasteiger partial charge in [0, 0.05) is 11.3 Å². The first-order valence-corrected chi connectivity index (χ1v) is 15.5. The van der Waals surface area contributed by atoms with Crippen molar-refractivity contribution < 1.29 is 23.7 Å². The fourth-order valence-electron chi connectivity index (χ4n) is 4.93. The van der Waals surface area contributed by atoms with Gasteiger partial charge in [-0.25, -0.2) is 0 Å². The number of ether oxygens (including phenoxy) is 4. The lowest BCUT2D eigenvalue weighted by molar-refractivity contribution is -0.246. The molecule has 1 N–H and O–H groups in total. The molecule has 1 heterocycles. The highest BCUT2D eigenvalue weighted by Crippen LogP contribution is 2.36. The molecule has 3 aromatic rings. The molecule has 4 rings (SSSR count). The number of benzene rings is 3. The maximum absolute atomic E-state index is 13.3. The summed E-state index contributed by atoms with van der Waals surface area (Å²) in [6.45, 7) is 2.19. The number of alkyl halides is 3. The second-order valence-corrected chi connectivity index (χ2v) is 12.5. The number of nitrogens with zero attached hydrogens (tertiary/aromatic N) is 4. The molecule has 1 aliphatic heterocycles. The van der Waals surface area contributed by atoms with E-state index in [-0.39, 0.29) is 32.8 Å². The van der Waals surface area contributed by atoms with E-state index in [0.29, 0.717) is 0 Å². The number of carbonyl (C=O) groups excluding carboxylic acids is 1. The van der Waals surface area contributed by atoms with Crippen LogP contribution in [-0.4, -0.2) is 57.6 Å². The Bertz CT molecular complexity index is 1430. The van der Waals surface area contributed by atoms with Crippen molar-refractivity contribution in [3.63, 3.8) is 0 Å². The Morgan fingerprint density at radius 1 is 0.889 bits per heavy atom. The molecule has 0 spiro atoms. The Hall–Kier alpha value is -3.18. The highest BCUT2D eigenvalue weighted by Gasteiger charge is 2.52. The van der Waals surface area contributed by atoms with E-state index in [4.69, 9.17) is 59.2 Å². The van der Waals surface area contributed by atoms with Crippen molar-refractivity contribution in [1.29, 1.82) is 5.41 Å². The molecule has 3 aromatic carbocycles. The lowest BCUT2D eigenvalue weighted by Gasteiger charge is -2.48. The van der Waals surface area contributed by atoms with Crippen LogP contribution in [0.25, 0.3) is 10.4 Å². The lowest BCUT2D eigenvalue weighted by Crippen LogP contribution is -2.66. The normalized spacial score (nSPS) is 21.5. The van der Waals surface area contributed by atoms with Gasteiger partial charge in [-0.3, -0.25) is 15.1 Å². The van der Waals surface area contributed by atoms with Crippen LogP contribution in [0.3, 0.4) is 0 Å². The average molecular weight is 675 g/mol. The van der Waals surface area contributed by atoms with Gasteiger partial charge in [0.2, 0.25) is 9.70 Å². The van der Waals surface area contributed by atoms with Gasteiger partial charge in [-0.15, -0.1) is 0 Å². The van der Waals surface area contributed by atoms with Crippen molar-refractivity contribution in [2.45, 2.75) is 67.5 Å². The fraction of sp³-hybridized carbons (Fsp3) is 0.375. The van der Waals surface area contributed by atoms with Gasteiger partial charge in [0.05, 0.1) is 32.5 Å². The molecule has 0 aromatic heterocycles. The number of rotatable bonds is 13. The summed E-state index contributed by atoms with van der Waals surface area (Å²) in [6, 6.07) is 27.4. The molecule has 1 amide bonds. The quantitative estimate of drug-likeness (QED) is 0.0506. The van der Waals surface area contributed by atoms with Crippen molar-refractivity contribution in [3.8, 4) is 0 Å². The third kappa shape index (κ3) is 9.66. The number of carbonyl (C=O) groups is 1. The highest BCUT2D eigenvalue weighted by atomic mass is 35.6. The van der Waals surface area contributed by atoms with Gasteiger partial charge in [-0.05, 0) is 22.2 Å². The van der Waals surface area contributed by atoms with E-state index in [0.717, 1.165) is 21.6 Å². The molecule has 13 heteroatoms. The first kappa shape index (κ1) is 34.7. The molecule has 238 valence electrons. The van der Waals surface area contributed by atoms with Crippen molar-refractivity contribution in [1.82, 2.24) is 4.90 Å². The number of nitrogens with one attached hydrogen (secondary N) is 1. The third-order valence-electron chi connectivity index (χ3n) is 7.12. The third-order valence-corrected chi connectivity index (χ3v) is 7.65. The summed E-state index contributed by atoms with van der Waals surface area (Å²) < 4.78 is 23.2. The molecule has 0 aliphatic carbocycles. The second-order valence-electron chi connectivity index (χ2n) is 10.2. The van der Waals surface area contributed by atoms with Crippen molar-refractivity contribution in [3.05, 3.63) is 118 Å². The van der Waals surface area contributed by atoms with Gasteiger partial charge >= 0.3 is 0 Å². The Kier molecular flexibility index (Phi) is 13.1. The van der Waals surface area contributed by atoms with Crippen LogP contribution in [0.4, 0.5) is 0 Å². The largest absolute Gasteiger partial charge is 0.374 e. The number of amides is 1. The highest BCUT2D eigenvalue weighted by molar-refractivity contribution is 6.76. The molecule has 1 fully saturated rings. The Morgan fingerprint density at radius 3 is 1.84 bits per heavy atom. The van der Waals surface area contributed by atoms with Gasteiger partial charge in [0.15, 0.2) is 5.84 Å². The molecular weight excluding hydrogens is 641 g/mol. The summed E-state index contributed by atoms with van der Waals surface area (Å²) in [7, 11) is 0. The molecule has 1 aliphatic rings. The summed E-state index contributed by atoms with van der Waals surface area (Å²) in [6.07, 6.45) is -4.09. The summed E-state index contributed by atoms with van der Waals surface area (Å²) in [5.74, 6) is -1.24. The summed E-state index contributed by atoms with van der Waals surface area (Å²) in [5.41, 5.74) is 12.4. The van der Waals surface area contributed by atoms with Crippen LogP contribution in [0.1, 0.15) is 30.0 Å². The minimum atomic E-state index is -2.28. The van der Waals surface area contributed by atoms with Crippen molar-refractivity contribution >= 4 is 46.5 Å². The number of halogens is 3. The zero-order valence-electron chi connectivity index (χ0n) is 24.5. The van der Waals surface area contributed by atoms with Gasteiger partial charge in [0.1, 0.15) is 24.5 Å². The molecule has 0 unspecified atom stereocenters. The zero-order chi connectivity index (χ0) is 32.2. The minimum absolute atomic E-state index is 0.00823. The van der Waals surface area contributed by atoms with Gasteiger partial charge in [-0.2, -0.15) is 0 Å². The first-order valence-electron chi connectivity index (χ1n) is 14.3. The minimum Gasteiger partial charge on any atom is -0.374 e. The maximum atomic E-state index is 13.3. The van der Waals surface area contributed by atoms with Crippen molar-refractivity contribution in [2.24, 2.45) is 5.11 Å². The Morgan fingerprint density at radius 2 is 1.38 bits per heavy atom. The first-order chi connectivity index (χ1) is 21.7. The van der Waals surface area contributed by atoms with E-state index >= 15 is 0 Å². The molecule has 0 saturated carbocycles. The molecule has 1 saturated heterocycles. The number of hydrogen-bond acceptors (Lipinski definition) is 7. The summed E-state index contributed by atoms with van der Waals surface area (Å²) >= 11 is 18.3. The van der Waals surface area contributed by atoms with E-state index in [1.165, 1.54) is 0 Å². The predicted octanol–water partition coefficient (Wildman–Crippen LogP) is 7.36. The van der Waals surface area contributed by atoms with Crippen LogP contribution in [0, 0.1) is 5.41 Å². The molecule has 5 atom stereocenters. The average Bonchev–Trinajstić information content (AvgIpc) is 3.05. The van der Waals surface area contributed by atoms with Gasteiger partial charge in [-0.1, -0.05) is 138 Å². The summed E-state index contributed by atoms with van der Waals surface area (Å²) in [5, 5.41) is 12.7. The van der Waals surface area contributed by atoms with E-state index < -0.39 is 46.1 Å². The Labute approximate surface area is 277 Å². The second kappa shape index (κ2) is 16.9. The number of hydrogen-bond donors (Lipinski definition) is 1. The fourth-order valence-corrected chi connectivity index (χ4v) is 5.21. The van der Waals surface area contributed by atoms with Crippen LogP contribution >= 0.6 is 34.8 Å². The molecular formula is C32H34Cl3N5O5. The number of azide groups is 1. The van der Waals surface area contributed by atoms with Gasteiger partial charge < -0.3 is 18.9 Å². The SMILES string of the molecule is CCC(=O)N(C(=N)C(Cl)(Cl)Cl)[C@H]1O[C@H](COCc2ccccc2)[C@H](OCc2ccccc2)[C@H](OCc2ccccc2)[C@H]1N=[N+]=[N-]. The van der Waals surface area contributed by atoms with Crippen LogP contribution in [0.15, 0.2) is 96.1 Å².